The van der Waals surface area contributed by atoms with Crippen molar-refractivity contribution in [2.24, 2.45) is 0 Å². The van der Waals surface area contributed by atoms with Crippen LogP contribution in [0.15, 0.2) is 30.3 Å². The van der Waals surface area contributed by atoms with E-state index in [0.717, 1.165) is 5.56 Å². The Bertz CT molecular complexity index is 948. The summed E-state index contributed by atoms with van der Waals surface area (Å²) >= 11 is 5.98. The molecule has 0 saturated heterocycles. The van der Waals surface area contributed by atoms with Crippen molar-refractivity contribution in [3.8, 4) is 28.6 Å². The summed E-state index contributed by atoms with van der Waals surface area (Å²) in [6, 6.07) is 9.01. The molecule has 2 N–H and O–H groups in total. The minimum atomic E-state index is -0.0355. The smallest absolute Gasteiger partial charge is 0.205 e. The van der Waals surface area contributed by atoms with Gasteiger partial charge < -0.3 is 24.6 Å². The van der Waals surface area contributed by atoms with Crippen molar-refractivity contribution >= 4 is 28.3 Å². The van der Waals surface area contributed by atoms with Crippen molar-refractivity contribution in [3.05, 3.63) is 35.4 Å². The van der Waals surface area contributed by atoms with Crippen molar-refractivity contribution in [1.29, 1.82) is 0 Å². The Morgan fingerprint density at radius 3 is 2.30 bits per heavy atom. The lowest BCUT2D eigenvalue weighted by molar-refractivity contribution is 0.311. The third-order valence-corrected chi connectivity index (χ3v) is 4.25. The Balaban J connectivity index is 2.31. The Morgan fingerprint density at radius 1 is 1.00 bits per heavy atom. The number of halogens is 1. The van der Waals surface area contributed by atoms with E-state index in [1.165, 1.54) is 0 Å². The zero-order valence-electron chi connectivity index (χ0n) is 15.2. The van der Waals surface area contributed by atoms with Gasteiger partial charge in [0.05, 0.1) is 33.3 Å². The van der Waals surface area contributed by atoms with Gasteiger partial charge in [0, 0.05) is 17.1 Å². The molecule has 0 aliphatic rings. The number of ether oxygens (including phenoxy) is 3. The van der Waals surface area contributed by atoms with Gasteiger partial charge in [-0.25, -0.2) is 9.97 Å². The molecule has 3 aromatic rings. The number of nitrogens with one attached hydrogen (secondary N) is 1. The molecule has 27 heavy (non-hydrogen) atoms. The Hall–Kier alpha value is -2.77. The van der Waals surface area contributed by atoms with E-state index >= 15 is 0 Å². The second-order valence-electron chi connectivity index (χ2n) is 5.59. The second-order valence-corrected chi connectivity index (χ2v) is 6.03. The summed E-state index contributed by atoms with van der Waals surface area (Å²) in [5.41, 5.74) is 1.36. The van der Waals surface area contributed by atoms with E-state index < -0.39 is 0 Å². The molecule has 1 aromatic heterocycles. The fourth-order valence-electron chi connectivity index (χ4n) is 2.77. The van der Waals surface area contributed by atoms with Crippen molar-refractivity contribution in [1.82, 2.24) is 9.97 Å². The molecule has 8 heteroatoms. The quantitative estimate of drug-likeness (QED) is 0.640. The predicted octanol–water partition coefficient (Wildman–Crippen LogP) is 3.38. The number of benzene rings is 2. The van der Waals surface area contributed by atoms with Gasteiger partial charge in [-0.2, -0.15) is 0 Å². The van der Waals surface area contributed by atoms with Crippen molar-refractivity contribution in [2.45, 2.75) is 0 Å². The first kappa shape index (κ1) is 19.0. The van der Waals surface area contributed by atoms with Gasteiger partial charge in [-0.05, 0) is 30.3 Å². The predicted molar refractivity (Wildman–Crippen MR) is 105 cm³/mol. The molecule has 2 aromatic carbocycles. The maximum Gasteiger partial charge on any atom is 0.205 e. The number of hydrogen-bond donors (Lipinski definition) is 2. The molecule has 3 rings (SSSR count). The number of aliphatic hydroxyl groups excluding tert-OH is 1. The number of hydrogen-bond acceptors (Lipinski definition) is 7. The van der Waals surface area contributed by atoms with Gasteiger partial charge in [0.2, 0.25) is 5.75 Å². The molecule has 0 saturated carbocycles. The minimum absolute atomic E-state index is 0.0355. The fraction of sp³-hybridized carbons (Fsp3) is 0.263. The topological polar surface area (TPSA) is 85.7 Å². The molecule has 0 fully saturated rings. The van der Waals surface area contributed by atoms with Crippen LogP contribution in [0.2, 0.25) is 5.02 Å². The van der Waals surface area contributed by atoms with Gasteiger partial charge in [0.25, 0.3) is 0 Å². The van der Waals surface area contributed by atoms with E-state index in [1.54, 1.807) is 39.5 Å². The third-order valence-electron chi connectivity index (χ3n) is 4.00. The number of anilines is 1. The van der Waals surface area contributed by atoms with Crippen LogP contribution < -0.4 is 19.5 Å². The fourth-order valence-corrected chi connectivity index (χ4v) is 2.89. The summed E-state index contributed by atoms with van der Waals surface area (Å²) in [7, 11) is 4.63. The van der Waals surface area contributed by atoms with Crippen LogP contribution >= 0.6 is 11.6 Å². The molecule has 0 radical (unpaired) electrons. The first-order valence-corrected chi connectivity index (χ1v) is 8.62. The first-order chi connectivity index (χ1) is 13.1. The Kier molecular flexibility index (Phi) is 5.83. The van der Waals surface area contributed by atoms with Crippen LogP contribution in [0.4, 0.5) is 5.82 Å². The highest BCUT2D eigenvalue weighted by molar-refractivity contribution is 6.30. The van der Waals surface area contributed by atoms with Gasteiger partial charge in [-0.3, -0.25) is 0 Å². The van der Waals surface area contributed by atoms with E-state index in [4.69, 9.17) is 25.8 Å². The van der Waals surface area contributed by atoms with E-state index in [1.807, 2.05) is 12.1 Å². The van der Waals surface area contributed by atoms with Crippen LogP contribution in [-0.4, -0.2) is 49.6 Å². The number of fused-ring (bicyclic) bond motifs is 1. The molecule has 0 unspecified atom stereocenters. The van der Waals surface area contributed by atoms with E-state index in [-0.39, 0.29) is 6.61 Å². The zero-order chi connectivity index (χ0) is 19.4. The molecular formula is C19H20ClN3O4. The van der Waals surface area contributed by atoms with Crippen molar-refractivity contribution in [2.75, 3.05) is 39.8 Å². The van der Waals surface area contributed by atoms with Gasteiger partial charge in [0.15, 0.2) is 17.3 Å². The van der Waals surface area contributed by atoms with Gasteiger partial charge in [-0.15, -0.1) is 0 Å². The molecule has 1 heterocycles. The molecule has 0 atom stereocenters. The molecule has 0 bridgehead atoms. The zero-order valence-corrected chi connectivity index (χ0v) is 16.0. The van der Waals surface area contributed by atoms with E-state index in [2.05, 4.69) is 15.3 Å². The summed E-state index contributed by atoms with van der Waals surface area (Å²) in [6.07, 6.45) is 0. The van der Waals surface area contributed by atoms with E-state index in [9.17, 15) is 5.11 Å². The molecule has 142 valence electrons. The standard InChI is InChI=1S/C19H20ClN3O4/c1-25-14-10-13-15(17(27-3)16(14)26-2)22-18(23-19(13)21-8-9-24)11-4-6-12(20)7-5-11/h4-7,10,24H,8-9H2,1-3H3,(H,21,22,23). The lowest BCUT2D eigenvalue weighted by Gasteiger charge is -2.17. The Labute approximate surface area is 161 Å². The first-order valence-electron chi connectivity index (χ1n) is 8.24. The maximum atomic E-state index is 9.21. The molecule has 0 aliphatic heterocycles. The average molecular weight is 390 g/mol. The highest BCUT2D eigenvalue weighted by Gasteiger charge is 2.21. The minimum Gasteiger partial charge on any atom is -0.493 e. The summed E-state index contributed by atoms with van der Waals surface area (Å²) in [4.78, 5) is 9.30. The van der Waals surface area contributed by atoms with Crippen LogP contribution in [-0.2, 0) is 0 Å². The summed E-state index contributed by atoms with van der Waals surface area (Å²) in [5, 5.41) is 13.6. The van der Waals surface area contributed by atoms with Crippen LogP contribution in [0.3, 0.4) is 0 Å². The second kappa shape index (κ2) is 8.28. The number of nitrogens with zero attached hydrogens (tertiary/aromatic N) is 2. The summed E-state index contributed by atoms with van der Waals surface area (Å²) < 4.78 is 16.5. The number of aliphatic hydroxyl groups is 1. The van der Waals surface area contributed by atoms with Crippen LogP contribution in [0.1, 0.15) is 0 Å². The highest BCUT2D eigenvalue weighted by Crippen LogP contribution is 2.44. The monoisotopic (exact) mass is 389 g/mol. The summed E-state index contributed by atoms with van der Waals surface area (Å²) in [5.74, 6) is 2.43. The Morgan fingerprint density at radius 2 is 1.70 bits per heavy atom. The maximum absolute atomic E-state index is 9.21. The SMILES string of the molecule is COc1cc2c(NCCO)nc(-c3ccc(Cl)cc3)nc2c(OC)c1OC. The lowest BCUT2D eigenvalue weighted by atomic mass is 10.1. The molecule has 0 aliphatic carbocycles. The van der Waals surface area contributed by atoms with Crippen molar-refractivity contribution < 1.29 is 19.3 Å². The molecule has 0 spiro atoms. The van der Waals surface area contributed by atoms with Crippen LogP contribution in [0.5, 0.6) is 17.2 Å². The van der Waals surface area contributed by atoms with Crippen LogP contribution in [0, 0.1) is 0 Å². The van der Waals surface area contributed by atoms with E-state index in [0.29, 0.717) is 51.4 Å². The third kappa shape index (κ3) is 3.70. The largest absolute Gasteiger partial charge is 0.493 e. The van der Waals surface area contributed by atoms with Gasteiger partial charge in [-0.1, -0.05) is 11.6 Å². The molecule has 0 amide bonds. The summed E-state index contributed by atoms with van der Waals surface area (Å²) in [6.45, 7) is 0.301. The highest BCUT2D eigenvalue weighted by atomic mass is 35.5. The van der Waals surface area contributed by atoms with Crippen molar-refractivity contribution in [3.63, 3.8) is 0 Å². The molecule has 7 nitrogen and oxygen atoms in total. The number of aromatic nitrogens is 2. The molecular weight excluding hydrogens is 370 g/mol. The van der Waals surface area contributed by atoms with Gasteiger partial charge in [0.1, 0.15) is 11.3 Å². The normalized spacial score (nSPS) is 10.7. The number of methoxy groups -OCH3 is 3. The average Bonchev–Trinajstić information content (AvgIpc) is 2.70. The van der Waals surface area contributed by atoms with Crippen LogP contribution in [0.25, 0.3) is 22.3 Å². The lowest BCUT2D eigenvalue weighted by Crippen LogP contribution is -2.09. The van der Waals surface area contributed by atoms with Gasteiger partial charge >= 0.3 is 0 Å². The number of rotatable bonds is 7.